The molecule has 0 aliphatic rings. The molecule has 2 aromatic carbocycles. The third-order valence-corrected chi connectivity index (χ3v) is 3.17. The van der Waals surface area contributed by atoms with E-state index in [9.17, 15) is 4.39 Å². The van der Waals surface area contributed by atoms with Gasteiger partial charge in [-0.15, -0.1) is 0 Å². The van der Waals surface area contributed by atoms with Crippen molar-refractivity contribution in [2.24, 2.45) is 0 Å². The Bertz CT molecular complexity index is 522. The van der Waals surface area contributed by atoms with Crippen LogP contribution >= 0.6 is 0 Å². The molecule has 94 valence electrons. The second-order valence-electron chi connectivity index (χ2n) is 4.55. The number of rotatable bonds is 4. The minimum absolute atomic E-state index is 0.134. The van der Waals surface area contributed by atoms with Gasteiger partial charge in [0.2, 0.25) is 0 Å². The predicted octanol–water partition coefficient (Wildman–Crippen LogP) is 3.64. The first-order valence-electron chi connectivity index (χ1n) is 6.18. The van der Waals surface area contributed by atoms with E-state index in [4.69, 9.17) is 0 Å². The lowest BCUT2D eigenvalue weighted by Gasteiger charge is -2.17. The number of hydrogen-bond donors (Lipinski definition) is 1. The Morgan fingerprint density at radius 1 is 1.11 bits per heavy atom. The first-order valence-corrected chi connectivity index (χ1v) is 6.18. The Hall–Kier alpha value is -1.67. The molecule has 0 amide bonds. The van der Waals surface area contributed by atoms with E-state index >= 15 is 0 Å². The number of nitrogens with one attached hydrogen (secondary N) is 1. The number of likely N-dealkylation sites (N-methyl/N-ethyl adjacent to an activating group) is 1. The zero-order valence-corrected chi connectivity index (χ0v) is 10.8. The largest absolute Gasteiger partial charge is 0.313 e. The Kier molecular flexibility index (Phi) is 4.11. The quantitative estimate of drug-likeness (QED) is 0.864. The standard InChI is InChI=1S/C16H18FN/c1-12-6-5-8-14(10-12)16(18-2)11-13-7-3-4-9-15(13)17/h3-10,16,18H,11H2,1-2H3. The van der Waals surface area contributed by atoms with Gasteiger partial charge in [0, 0.05) is 6.04 Å². The number of aryl methyl sites for hydroxylation is 1. The monoisotopic (exact) mass is 243 g/mol. The van der Waals surface area contributed by atoms with E-state index < -0.39 is 0 Å². The molecule has 0 aromatic heterocycles. The van der Waals surface area contributed by atoms with Crippen molar-refractivity contribution in [1.82, 2.24) is 5.32 Å². The van der Waals surface area contributed by atoms with E-state index in [2.05, 4.69) is 30.4 Å². The van der Waals surface area contributed by atoms with Crippen LogP contribution in [0.25, 0.3) is 0 Å². The van der Waals surface area contributed by atoms with Gasteiger partial charge in [-0.25, -0.2) is 4.39 Å². The average Bonchev–Trinajstić information content (AvgIpc) is 2.38. The highest BCUT2D eigenvalue weighted by Gasteiger charge is 2.12. The molecule has 0 aliphatic heterocycles. The third-order valence-electron chi connectivity index (χ3n) is 3.17. The van der Waals surface area contributed by atoms with E-state index in [-0.39, 0.29) is 11.9 Å². The van der Waals surface area contributed by atoms with Crippen LogP contribution in [-0.4, -0.2) is 7.05 Å². The lowest BCUT2D eigenvalue weighted by Crippen LogP contribution is -2.19. The van der Waals surface area contributed by atoms with E-state index in [1.54, 1.807) is 6.07 Å². The molecule has 0 saturated carbocycles. The Balaban J connectivity index is 2.23. The van der Waals surface area contributed by atoms with Crippen LogP contribution < -0.4 is 5.32 Å². The summed E-state index contributed by atoms with van der Waals surface area (Å²) in [5, 5.41) is 3.25. The minimum Gasteiger partial charge on any atom is -0.313 e. The lowest BCUT2D eigenvalue weighted by atomic mass is 9.97. The summed E-state index contributed by atoms with van der Waals surface area (Å²) in [6.07, 6.45) is 0.659. The van der Waals surface area contributed by atoms with Gasteiger partial charge in [0.25, 0.3) is 0 Å². The van der Waals surface area contributed by atoms with Gasteiger partial charge in [-0.1, -0.05) is 48.0 Å². The number of hydrogen-bond acceptors (Lipinski definition) is 1. The van der Waals surface area contributed by atoms with Crippen LogP contribution in [0.5, 0.6) is 0 Å². The van der Waals surface area contributed by atoms with Crippen molar-refractivity contribution < 1.29 is 4.39 Å². The van der Waals surface area contributed by atoms with Gasteiger partial charge in [-0.2, -0.15) is 0 Å². The first-order chi connectivity index (χ1) is 8.70. The highest BCUT2D eigenvalue weighted by Crippen LogP contribution is 2.20. The Morgan fingerprint density at radius 3 is 2.56 bits per heavy atom. The molecule has 0 bridgehead atoms. The topological polar surface area (TPSA) is 12.0 Å². The molecule has 0 heterocycles. The molecule has 2 rings (SSSR count). The molecule has 1 nitrogen and oxygen atoms in total. The molecule has 0 radical (unpaired) electrons. The maximum atomic E-state index is 13.7. The number of halogens is 1. The average molecular weight is 243 g/mol. The second-order valence-corrected chi connectivity index (χ2v) is 4.55. The SMILES string of the molecule is CNC(Cc1ccccc1F)c1cccc(C)c1. The molecule has 1 N–H and O–H groups in total. The van der Waals surface area contributed by atoms with Gasteiger partial charge in [0.05, 0.1) is 0 Å². The maximum absolute atomic E-state index is 13.7. The van der Waals surface area contributed by atoms with Crippen LogP contribution in [0.15, 0.2) is 48.5 Å². The molecule has 0 fully saturated rings. The van der Waals surface area contributed by atoms with Crippen molar-refractivity contribution in [1.29, 1.82) is 0 Å². The molecule has 2 heteroatoms. The van der Waals surface area contributed by atoms with Gasteiger partial charge >= 0.3 is 0 Å². The van der Waals surface area contributed by atoms with Gasteiger partial charge < -0.3 is 5.32 Å². The van der Waals surface area contributed by atoms with Crippen LogP contribution in [0.4, 0.5) is 4.39 Å². The van der Waals surface area contributed by atoms with E-state index in [0.29, 0.717) is 6.42 Å². The van der Waals surface area contributed by atoms with E-state index in [1.165, 1.54) is 17.2 Å². The summed E-state index contributed by atoms with van der Waals surface area (Å²) >= 11 is 0. The highest BCUT2D eigenvalue weighted by atomic mass is 19.1. The van der Waals surface area contributed by atoms with Gasteiger partial charge in [0.15, 0.2) is 0 Å². The smallest absolute Gasteiger partial charge is 0.126 e. The molecule has 18 heavy (non-hydrogen) atoms. The number of benzene rings is 2. The fraction of sp³-hybridized carbons (Fsp3) is 0.250. The fourth-order valence-electron chi connectivity index (χ4n) is 2.16. The summed E-state index contributed by atoms with van der Waals surface area (Å²) in [6, 6.07) is 15.4. The van der Waals surface area contributed by atoms with Gasteiger partial charge in [-0.05, 0) is 37.6 Å². The summed E-state index contributed by atoms with van der Waals surface area (Å²) in [4.78, 5) is 0. The van der Waals surface area contributed by atoms with Crippen molar-refractivity contribution in [3.05, 3.63) is 71.0 Å². The van der Waals surface area contributed by atoms with Crippen LogP contribution in [0, 0.1) is 12.7 Å². The molecule has 0 aliphatic carbocycles. The molecule has 0 saturated heterocycles. The predicted molar refractivity (Wildman–Crippen MR) is 73.1 cm³/mol. The zero-order valence-electron chi connectivity index (χ0n) is 10.8. The van der Waals surface area contributed by atoms with Crippen LogP contribution in [0.1, 0.15) is 22.7 Å². The molecular formula is C16H18FN. The fourth-order valence-corrected chi connectivity index (χ4v) is 2.16. The Morgan fingerprint density at radius 2 is 1.89 bits per heavy atom. The van der Waals surface area contributed by atoms with Crippen molar-refractivity contribution in [3.63, 3.8) is 0 Å². The Labute approximate surface area is 108 Å². The first kappa shape index (κ1) is 12.8. The maximum Gasteiger partial charge on any atom is 0.126 e. The second kappa shape index (κ2) is 5.78. The molecule has 2 aromatic rings. The summed E-state index contributed by atoms with van der Waals surface area (Å²) in [5.74, 6) is -0.134. The summed E-state index contributed by atoms with van der Waals surface area (Å²) in [6.45, 7) is 2.07. The van der Waals surface area contributed by atoms with Crippen LogP contribution in [-0.2, 0) is 6.42 Å². The zero-order chi connectivity index (χ0) is 13.0. The van der Waals surface area contributed by atoms with Crippen molar-refractivity contribution in [2.45, 2.75) is 19.4 Å². The van der Waals surface area contributed by atoms with Crippen LogP contribution in [0.3, 0.4) is 0 Å². The summed E-state index contributed by atoms with van der Waals surface area (Å²) in [7, 11) is 1.91. The van der Waals surface area contributed by atoms with Crippen molar-refractivity contribution in [2.75, 3.05) is 7.05 Å². The minimum atomic E-state index is -0.134. The van der Waals surface area contributed by atoms with Crippen LogP contribution in [0.2, 0.25) is 0 Å². The molecule has 1 unspecified atom stereocenters. The van der Waals surface area contributed by atoms with E-state index in [0.717, 1.165) is 5.56 Å². The van der Waals surface area contributed by atoms with Gasteiger partial charge in [-0.3, -0.25) is 0 Å². The summed E-state index contributed by atoms with van der Waals surface area (Å²) < 4.78 is 13.7. The van der Waals surface area contributed by atoms with Crippen molar-refractivity contribution >= 4 is 0 Å². The van der Waals surface area contributed by atoms with E-state index in [1.807, 2.05) is 25.2 Å². The molecular weight excluding hydrogens is 225 g/mol. The normalized spacial score (nSPS) is 12.4. The third kappa shape index (κ3) is 2.96. The highest BCUT2D eigenvalue weighted by molar-refractivity contribution is 5.28. The van der Waals surface area contributed by atoms with Crippen molar-refractivity contribution in [3.8, 4) is 0 Å². The lowest BCUT2D eigenvalue weighted by molar-refractivity contribution is 0.554. The summed E-state index contributed by atoms with van der Waals surface area (Å²) in [5.41, 5.74) is 3.17. The molecule has 1 atom stereocenters. The van der Waals surface area contributed by atoms with Gasteiger partial charge in [0.1, 0.15) is 5.82 Å². The molecule has 0 spiro atoms.